The van der Waals surface area contributed by atoms with Crippen LogP contribution >= 0.6 is 0 Å². The molecule has 0 bridgehead atoms. The van der Waals surface area contributed by atoms with E-state index in [1.165, 1.54) is 12.1 Å². The van der Waals surface area contributed by atoms with Crippen LogP contribution in [-0.2, 0) is 15.6 Å². The molecule has 0 radical (unpaired) electrons. The summed E-state index contributed by atoms with van der Waals surface area (Å²) in [5.74, 6) is -1.53. The maximum Gasteiger partial charge on any atom is 0.251 e. The molecule has 0 unspecified atom stereocenters. The van der Waals surface area contributed by atoms with E-state index in [1.807, 2.05) is 6.07 Å². The molecule has 7 heteroatoms. The van der Waals surface area contributed by atoms with Gasteiger partial charge in [0, 0.05) is 16.2 Å². The number of hydrogen-bond donors (Lipinski definition) is 2. The molecule has 0 aliphatic rings. The SMILES string of the molecule is NC(=O)[C@@H](CC[S@](=O)c1ccccc1)NC(=O)c1ccc(F)cc1. The second-order valence-electron chi connectivity index (χ2n) is 5.09. The molecule has 2 rings (SSSR count). The van der Waals surface area contributed by atoms with Crippen molar-refractivity contribution in [2.24, 2.45) is 5.73 Å². The Balaban J connectivity index is 1.97. The van der Waals surface area contributed by atoms with E-state index in [4.69, 9.17) is 5.73 Å². The van der Waals surface area contributed by atoms with E-state index in [2.05, 4.69) is 5.32 Å². The van der Waals surface area contributed by atoms with E-state index >= 15 is 0 Å². The molecule has 2 aromatic carbocycles. The number of carbonyl (C=O) groups excluding carboxylic acids is 2. The summed E-state index contributed by atoms with van der Waals surface area (Å²) in [7, 11) is -1.29. The van der Waals surface area contributed by atoms with Gasteiger partial charge < -0.3 is 11.1 Å². The summed E-state index contributed by atoms with van der Waals surface area (Å²) in [5, 5.41) is 2.49. The molecule has 126 valence electrons. The van der Waals surface area contributed by atoms with Gasteiger partial charge in [0.25, 0.3) is 5.91 Å². The maximum atomic E-state index is 12.9. The van der Waals surface area contributed by atoms with Crippen LogP contribution < -0.4 is 11.1 Å². The molecule has 0 aliphatic carbocycles. The molecule has 0 spiro atoms. The van der Waals surface area contributed by atoms with E-state index in [0.717, 1.165) is 12.1 Å². The number of hydrogen-bond acceptors (Lipinski definition) is 3. The van der Waals surface area contributed by atoms with Gasteiger partial charge in [-0.05, 0) is 42.8 Å². The molecule has 2 amide bonds. The van der Waals surface area contributed by atoms with Crippen molar-refractivity contribution in [3.63, 3.8) is 0 Å². The van der Waals surface area contributed by atoms with Crippen molar-refractivity contribution in [1.82, 2.24) is 5.32 Å². The second kappa shape index (κ2) is 8.35. The first-order valence-electron chi connectivity index (χ1n) is 7.26. The molecule has 0 heterocycles. The highest BCUT2D eigenvalue weighted by Gasteiger charge is 2.20. The number of nitrogens with two attached hydrogens (primary N) is 1. The number of nitrogens with one attached hydrogen (secondary N) is 1. The Bertz CT molecular complexity index is 735. The van der Waals surface area contributed by atoms with Crippen LogP contribution in [0.15, 0.2) is 59.5 Å². The van der Waals surface area contributed by atoms with Crippen molar-refractivity contribution in [1.29, 1.82) is 0 Å². The predicted molar refractivity (Wildman–Crippen MR) is 89.2 cm³/mol. The van der Waals surface area contributed by atoms with Crippen LogP contribution in [0.4, 0.5) is 4.39 Å². The molecule has 0 saturated carbocycles. The maximum absolute atomic E-state index is 12.9. The summed E-state index contributed by atoms with van der Waals surface area (Å²) in [6.07, 6.45) is 0.143. The lowest BCUT2D eigenvalue weighted by Gasteiger charge is -2.15. The van der Waals surface area contributed by atoms with Crippen LogP contribution in [0.2, 0.25) is 0 Å². The minimum Gasteiger partial charge on any atom is -0.368 e. The lowest BCUT2D eigenvalue weighted by Crippen LogP contribution is -2.45. The Morgan fingerprint density at radius 1 is 1.08 bits per heavy atom. The van der Waals surface area contributed by atoms with E-state index < -0.39 is 34.5 Å². The largest absolute Gasteiger partial charge is 0.368 e. The van der Waals surface area contributed by atoms with E-state index in [0.29, 0.717) is 4.90 Å². The molecule has 24 heavy (non-hydrogen) atoms. The Kier molecular flexibility index (Phi) is 6.20. The second-order valence-corrected chi connectivity index (χ2v) is 6.66. The fraction of sp³-hybridized carbons (Fsp3) is 0.176. The van der Waals surface area contributed by atoms with Crippen molar-refractivity contribution in [3.8, 4) is 0 Å². The van der Waals surface area contributed by atoms with Gasteiger partial charge in [-0.3, -0.25) is 13.8 Å². The van der Waals surface area contributed by atoms with Crippen molar-refractivity contribution < 1.29 is 18.2 Å². The highest BCUT2D eigenvalue weighted by Crippen LogP contribution is 2.09. The predicted octanol–water partition coefficient (Wildman–Crippen LogP) is 1.61. The van der Waals surface area contributed by atoms with E-state index in [9.17, 15) is 18.2 Å². The minimum atomic E-state index is -1.29. The van der Waals surface area contributed by atoms with Gasteiger partial charge in [0.2, 0.25) is 5.91 Å². The number of rotatable bonds is 7. The van der Waals surface area contributed by atoms with Crippen LogP contribution in [0.3, 0.4) is 0 Å². The third kappa shape index (κ3) is 4.99. The molecule has 5 nitrogen and oxygen atoms in total. The zero-order valence-electron chi connectivity index (χ0n) is 12.8. The van der Waals surface area contributed by atoms with Gasteiger partial charge in [0.05, 0.1) is 10.8 Å². The molecule has 2 atom stereocenters. The molecule has 0 aliphatic heterocycles. The fourth-order valence-electron chi connectivity index (χ4n) is 2.04. The molecule has 0 saturated heterocycles. The number of carbonyl (C=O) groups is 2. The molecule has 0 aromatic heterocycles. The quantitative estimate of drug-likeness (QED) is 0.796. The number of primary amides is 1. The van der Waals surface area contributed by atoms with Crippen LogP contribution in [-0.4, -0.2) is 27.8 Å². The number of benzene rings is 2. The number of halogens is 1. The van der Waals surface area contributed by atoms with Crippen LogP contribution in [0, 0.1) is 5.82 Å². The first kappa shape index (κ1) is 17.8. The van der Waals surface area contributed by atoms with Gasteiger partial charge in [-0.15, -0.1) is 0 Å². The average Bonchev–Trinajstić information content (AvgIpc) is 2.59. The average molecular weight is 348 g/mol. The topological polar surface area (TPSA) is 89.3 Å². The lowest BCUT2D eigenvalue weighted by molar-refractivity contribution is -0.119. The molecule has 0 fully saturated rings. The van der Waals surface area contributed by atoms with Gasteiger partial charge in [-0.2, -0.15) is 0 Å². The Morgan fingerprint density at radius 2 is 1.71 bits per heavy atom. The standard InChI is InChI=1S/C17H17FN2O3S/c18-13-8-6-12(7-9-13)17(22)20-15(16(19)21)10-11-24(23)14-4-2-1-3-5-14/h1-9,15H,10-11H2,(H2,19,21)(H,20,22)/t15-,24+/m1/s1. The van der Waals surface area contributed by atoms with Crippen molar-refractivity contribution >= 4 is 22.6 Å². The van der Waals surface area contributed by atoms with Crippen molar-refractivity contribution in [2.75, 3.05) is 5.75 Å². The Labute approximate surface area is 141 Å². The summed E-state index contributed by atoms with van der Waals surface area (Å²) in [6.45, 7) is 0. The summed E-state index contributed by atoms with van der Waals surface area (Å²) < 4.78 is 25.0. The van der Waals surface area contributed by atoms with Crippen molar-refractivity contribution in [3.05, 3.63) is 66.0 Å². The first-order chi connectivity index (χ1) is 11.5. The zero-order chi connectivity index (χ0) is 17.5. The van der Waals surface area contributed by atoms with Gasteiger partial charge in [0.15, 0.2) is 0 Å². The highest BCUT2D eigenvalue weighted by molar-refractivity contribution is 7.85. The number of amides is 2. The molecule has 2 aromatic rings. The van der Waals surface area contributed by atoms with Crippen LogP contribution in [0.1, 0.15) is 16.8 Å². The Morgan fingerprint density at radius 3 is 2.29 bits per heavy atom. The van der Waals surface area contributed by atoms with Gasteiger partial charge in [0.1, 0.15) is 11.9 Å². The van der Waals surface area contributed by atoms with Crippen LogP contribution in [0.25, 0.3) is 0 Å². The molecular formula is C17H17FN2O3S. The minimum absolute atomic E-state index is 0.143. The molecular weight excluding hydrogens is 331 g/mol. The first-order valence-corrected chi connectivity index (χ1v) is 8.58. The van der Waals surface area contributed by atoms with Crippen molar-refractivity contribution in [2.45, 2.75) is 17.4 Å². The highest BCUT2D eigenvalue weighted by atomic mass is 32.2. The summed E-state index contributed by atoms with van der Waals surface area (Å²) in [5.41, 5.74) is 5.51. The summed E-state index contributed by atoms with van der Waals surface area (Å²) in [4.78, 5) is 24.2. The molecule has 3 N–H and O–H groups in total. The third-order valence-corrected chi connectivity index (χ3v) is 4.76. The fourth-order valence-corrected chi connectivity index (χ4v) is 3.19. The summed E-state index contributed by atoms with van der Waals surface area (Å²) in [6, 6.07) is 12.8. The zero-order valence-corrected chi connectivity index (χ0v) is 13.6. The van der Waals surface area contributed by atoms with Gasteiger partial charge >= 0.3 is 0 Å². The summed E-state index contributed by atoms with van der Waals surface area (Å²) >= 11 is 0. The van der Waals surface area contributed by atoms with E-state index in [-0.39, 0.29) is 17.7 Å². The lowest BCUT2D eigenvalue weighted by atomic mass is 10.1. The third-order valence-electron chi connectivity index (χ3n) is 3.35. The van der Waals surface area contributed by atoms with Gasteiger partial charge in [-0.25, -0.2) is 4.39 Å². The van der Waals surface area contributed by atoms with E-state index in [1.54, 1.807) is 24.3 Å². The normalized spacial score (nSPS) is 13.0. The monoisotopic (exact) mass is 348 g/mol. The van der Waals surface area contributed by atoms with Crippen LogP contribution in [0.5, 0.6) is 0 Å². The van der Waals surface area contributed by atoms with Gasteiger partial charge in [-0.1, -0.05) is 18.2 Å². The Hall–Kier alpha value is -2.54. The smallest absolute Gasteiger partial charge is 0.251 e.